The van der Waals surface area contributed by atoms with Crippen LogP contribution in [0.1, 0.15) is 23.7 Å². The van der Waals surface area contributed by atoms with Crippen molar-refractivity contribution in [3.05, 3.63) is 59.7 Å². The van der Waals surface area contributed by atoms with Gasteiger partial charge in [0.15, 0.2) is 0 Å². The zero-order valence-electron chi connectivity index (χ0n) is 16.9. The fraction of sp³-hybridized carbons (Fsp3) is 0.455. The maximum Gasteiger partial charge on any atom is 0.142 e. The lowest BCUT2D eigenvalue weighted by atomic mass is 9.95. The van der Waals surface area contributed by atoms with Crippen molar-refractivity contribution in [2.75, 3.05) is 51.3 Å². The molecule has 2 aliphatic heterocycles. The van der Waals surface area contributed by atoms with Gasteiger partial charge in [0.2, 0.25) is 0 Å². The number of halogens is 2. The average molecular weight is 443 g/mol. The molecule has 29 heavy (non-hydrogen) atoms. The third-order valence-electron chi connectivity index (χ3n) is 5.60. The molecule has 4 rings (SSSR count). The lowest BCUT2D eigenvalue weighted by Crippen LogP contribution is -2.47. The third kappa shape index (κ3) is 6.00. The van der Waals surface area contributed by atoms with E-state index in [-0.39, 0.29) is 36.4 Å². The molecule has 2 aromatic carbocycles. The topological polar surface area (TPSA) is 56.4 Å². The van der Waals surface area contributed by atoms with Gasteiger partial charge >= 0.3 is 0 Å². The molecular formula is C22H32Cl2N2O3. The monoisotopic (exact) mass is 442 g/mol. The van der Waals surface area contributed by atoms with E-state index in [0.717, 1.165) is 57.9 Å². The van der Waals surface area contributed by atoms with E-state index in [1.807, 2.05) is 12.1 Å². The Bertz CT molecular complexity index is 740. The predicted octanol–water partition coefficient (Wildman–Crippen LogP) is 3.54. The molecule has 2 heterocycles. The third-order valence-corrected chi connectivity index (χ3v) is 5.60. The minimum absolute atomic E-state index is 0. The second-order valence-electron chi connectivity index (χ2n) is 7.10. The van der Waals surface area contributed by atoms with Crippen molar-refractivity contribution in [3.63, 3.8) is 0 Å². The van der Waals surface area contributed by atoms with Crippen LogP contribution < -0.4 is 9.64 Å². The second-order valence-corrected chi connectivity index (χ2v) is 7.10. The molecule has 1 fully saturated rings. The molecule has 1 atom stereocenters. The Balaban J connectivity index is 0.00000140. The maximum atomic E-state index is 6.06. The fourth-order valence-corrected chi connectivity index (χ4v) is 4.12. The molecule has 0 bridgehead atoms. The number of methoxy groups -OCH3 is 1. The highest BCUT2D eigenvalue weighted by Crippen LogP contribution is 2.31. The van der Waals surface area contributed by atoms with Gasteiger partial charge in [-0.1, -0.05) is 36.4 Å². The van der Waals surface area contributed by atoms with Gasteiger partial charge in [-0.25, -0.2) is 0 Å². The number of nitrogens with zero attached hydrogens (tertiary/aromatic N) is 2. The van der Waals surface area contributed by atoms with Gasteiger partial charge in [-0.05, 0) is 36.1 Å². The standard InChI is InChI=1S/C22H28N2O2.2ClH.H2O/c1-25-22-9-5-4-8-20(22)24-15-13-23(14-16-24)12-10-21-19-7-3-2-6-18(19)11-17-26-21;;;/h2-9,21H,10-17H2,1H3;2*1H;1H2. The van der Waals surface area contributed by atoms with E-state index in [9.17, 15) is 0 Å². The van der Waals surface area contributed by atoms with Gasteiger partial charge in [-0.3, -0.25) is 4.90 Å². The van der Waals surface area contributed by atoms with Crippen molar-refractivity contribution >= 4 is 30.5 Å². The van der Waals surface area contributed by atoms with Crippen molar-refractivity contribution in [2.45, 2.75) is 18.9 Å². The highest BCUT2D eigenvalue weighted by Gasteiger charge is 2.23. The van der Waals surface area contributed by atoms with Crippen LogP contribution in [-0.4, -0.2) is 56.8 Å². The van der Waals surface area contributed by atoms with Crippen molar-refractivity contribution in [2.24, 2.45) is 0 Å². The molecule has 7 heteroatoms. The molecule has 1 saturated heterocycles. The summed E-state index contributed by atoms with van der Waals surface area (Å²) in [6.07, 6.45) is 2.38. The first-order valence-electron chi connectivity index (χ1n) is 9.65. The molecule has 0 amide bonds. The molecule has 2 N–H and O–H groups in total. The number of anilines is 1. The molecular weight excluding hydrogens is 411 g/mol. The summed E-state index contributed by atoms with van der Waals surface area (Å²) in [5.41, 5.74) is 4.07. The van der Waals surface area contributed by atoms with E-state index < -0.39 is 0 Å². The lowest BCUT2D eigenvalue weighted by Gasteiger charge is -2.37. The van der Waals surface area contributed by atoms with Gasteiger partial charge < -0.3 is 19.8 Å². The molecule has 0 spiro atoms. The van der Waals surface area contributed by atoms with Crippen LogP contribution in [0, 0.1) is 0 Å². The number of hydrogen-bond donors (Lipinski definition) is 0. The maximum absolute atomic E-state index is 6.06. The van der Waals surface area contributed by atoms with Gasteiger partial charge in [0, 0.05) is 32.7 Å². The average Bonchev–Trinajstić information content (AvgIpc) is 2.72. The zero-order valence-corrected chi connectivity index (χ0v) is 18.5. The normalized spacial score (nSPS) is 18.5. The molecule has 0 radical (unpaired) electrons. The molecule has 2 aromatic rings. The van der Waals surface area contributed by atoms with Crippen LogP contribution in [0.3, 0.4) is 0 Å². The smallest absolute Gasteiger partial charge is 0.142 e. The first-order chi connectivity index (χ1) is 12.8. The number of para-hydroxylation sites is 2. The molecule has 1 unspecified atom stereocenters. The molecule has 2 aliphatic rings. The predicted molar refractivity (Wildman–Crippen MR) is 123 cm³/mol. The second kappa shape index (κ2) is 12.3. The minimum Gasteiger partial charge on any atom is -0.495 e. The summed E-state index contributed by atoms with van der Waals surface area (Å²) in [5, 5.41) is 0. The first-order valence-corrected chi connectivity index (χ1v) is 9.65. The largest absolute Gasteiger partial charge is 0.495 e. The Morgan fingerprint density at radius 1 is 0.966 bits per heavy atom. The Hall–Kier alpha value is -1.50. The number of benzene rings is 2. The van der Waals surface area contributed by atoms with Crippen LogP contribution in [0.5, 0.6) is 5.75 Å². The molecule has 5 nitrogen and oxygen atoms in total. The fourth-order valence-electron chi connectivity index (χ4n) is 4.12. The van der Waals surface area contributed by atoms with Gasteiger partial charge in [0.25, 0.3) is 0 Å². The number of hydrogen-bond acceptors (Lipinski definition) is 4. The quantitative estimate of drug-likeness (QED) is 0.710. The van der Waals surface area contributed by atoms with Gasteiger partial charge in [-0.2, -0.15) is 0 Å². The Labute approximate surface area is 186 Å². The van der Waals surface area contributed by atoms with Crippen LogP contribution in [0.4, 0.5) is 5.69 Å². The van der Waals surface area contributed by atoms with E-state index in [2.05, 4.69) is 46.2 Å². The van der Waals surface area contributed by atoms with Gasteiger partial charge in [0.05, 0.1) is 25.5 Å². The summed E-state index contributed by atoms with van der Waals surface area (Å²) in [4.78, 5) is 4.99. The number of ether oxygens (including phenoxy) is 2. The molecule has 0 aliphatic carbocycles. The Morgan fingerprint density at radius 2 is 1.66 bits per heavy atom. The summed E-state index contributed by atoms with van der Waals surface area (Å²) in [6, 6.07) is 17.1. The van der Waals surface area contributed by atoms with Crippen LogP contribution in [-0.2, 0) is 11.2 Å². The minimum atomic E-state index is 0. The zero-order chi connectivity index (χ0) is 17.8. The number of rotatable bonds is 5. The highest BCUT2D eigenvalue weighted by molar-refractivity contribution is 5.85. The van der Waals surface area contributed by atoms with Crippen molar-refractivity contribution < 1.29 is 14.9 Å². The van der Waals surface area contributed by atoms with Gasteiger partial charge in [0.1, 0.15) is 5.75 Å². The summed E-state index contributed by atoms with van der Waals surface area (Å²) in [5.74, 6) is 0.966. The first kappa shape index (κ1) is 25.5. The molecule has 0 saturated carbocycles. The Morgan fingerprint density at radius 3 is 2.41 bits per heavy atom. The number of piperazine rings is 1. The van der Waals surface area contributed by atoms with E-state index in [1.165, 1.54) is 16.8 Å². The number of fused-ring (bicyclic) bond motifs is 1. The summed E-state index contributed by atoms with van der Waals surface area (Å²) in [6.45, 7) is 6.21. The SMILES string of the molecule is COc1ccccc1N1CCN(CCC2OCCc3ccccc32)CC1.Cl.Cl.O. The van der Waals surface area contributed by atoms with Crippen molar-refractivity contribution in [3.8, 4) is 5.75 Å². The summed E-state index contributed by atoms with van der Waals surface area (Å²) in [7, 11) is 1.75. The van der Waals surface area contributed by atoms with E-state index >= 15 is 0 Å². The van der Waals surface area contributed by atoms with Crippen molar-refractivity contribution in [1.82, 2.24) is 4.90 Å². The van der Waals surface area contributed by atoms with Crippen molar-refractivity contribution in [1.29, 1.82) is 0 Å². The molecule has 162 valence electrons. The van der Waals surface area contributed by atoms with Crippen LogP contribution in [0.2, 0.25) is 0 Å². The Kier molecular flexibility index (Phi) is 10.8. The molecule has 0 aromatic heterocycles. The van der Waals surface area contributed by atoms with E-state index in [4.69, 9.17) is 9.47 Å². The van der Waals surface area contributed by atoms with Crippen LogP contribution >= 0.6 is 24.8 Å². The van der Waals surface area contributed by atoms with Gasteiger partial charge in [-0.15, -0.1) is 24.8 Å². The van der Waals surface area contributed by atoms with Crippen LogP contribution in [0.15, 0.2) is 48.5 Å². The highest BCUT2D eigenvalue weighted by atomic mass is 35.5. The summed E-state index contributed by atoms with van der Waals surface area (Å²) < 4.78 is 11.6. The summed E-state index contributed by atoms with van der Waals surface area (Å²) >= 11 is 0. The van der Waals surface area contributed by atoms with E-state index in [1.54, 1.807) is 7.11 Å². The lowest BCUT2D eigenvalue weighted by molar-refractivity contribution is 0.0289. The van der Waals surface area contributed by atoms with E-state index in [0.29, 0.717) is 0 Å². The van der Waals surface area contributed by atoms with Crippen LogP contribution in [0.25, 0.3) is 0 Å².